The molecule has 1 fully saturated rings. The van der Waals surface area contributed by atoms with Crippen LogP contribution in [0.15, 0.2) is 41.6 Å². The Morgan fingerprint density at radius 2 is 1.77 bits per heavy atom. The lowest BCUT2D eigenvalue weighted by Crippen LogP contribution is -2.39. The summed E-state index contributed by atoms with van der Waals surface area (Å²) in [5.74, 6) is 1.27. The lowest BCUT2D eigenvalue weighted by molar-refractivity contribution is -0.137. The van der Waals surface area contributed by atoms with E-state index in [9.17, 15) is 21.6 Å². The molecule has 0 saturated carbocycles. The summed E-state index contributed by atoms with van der Waals surface area (Å²) in [6, 6.07) is 3.67. The van der Waals surface area contributed by atoms with Gasteiger partial charge in [-0.2, -0.15) is 17.5 Å². The predicted octanol–water partition coefficient (Wildman–Crippen LogP) is 3.31. The van der Waals surface area contributed by atoms with Gasteiger partial charge in [0.2, 0.25) is 10.0 Å². The Morgan fingerprint density at radius 3 is 2.27 bits per heavy atom. The van der Waals surface area contributed by atoms with E-state index in [4.69, 9.17) is 0 Å². The number of alkyl halides is 3. The number of aryl methyl sites for hydroxylation is 1. The van der Waals surface area contributed by atoms with E-state index in [1.165, 1.54) is 4.31 Å². The summed E-state index contributed by atoms with van der Waals surface area (Å²) in [6.45, 7) is 3.44. The normalized spacial score (nSPS) is 17.5. The molecule has 0 amide bonds. The first-order valence-corrected chi connectivity index (χ1v) is 9.77. The van der Waals surface area contributed by atoms with Crippen LogP contribution in [-0.2, 0) is 22.7 Å². The van der Waals surface area contributed by atoms with Gasteiger partial charge in [-0.1, -0.05) is 0 Å². The van der Waals surface area contributed by atoms with Gasteiger partial charge >= 0.3 is 6.18 Å². The van der Waals surface area contributed by atoms with Crippen LogP contribution >= 0.6 is 0 Å². The van der Waals surface area contributed by atoms with E-state index in [1.54, 1.807) is 6.20 Å². The number of benzene rings is 1. The van der Waals surface area contributed by atoms with Crippen LogP contribution in [0, 0.1) is 12.8 Å². The van der Waals surface area contributed by atoms with Crippen LogP contribution in [0.25, 0.3) is 0 Å². The van der Waals surface area contributed by atoms with Gasteiger partial charge in [-0.25, -0.2) is 13.4 Å². The minimum atomic E-state index is -4.48. The Morgan fingerprint density at radius 1 is 1.15 bits per heavy atom. The SMILES string of the molecule is Cc1nccn1CC1CCN(S(=O)(=O)c2ccc(C(F)(F)F)cc2)CC1. The zero-order chi connectivity index (χ0) is 18.9. The molecule has 0 spiro atoms. The first-order valence-electron chi connectivity index (χ1n) is 8.33. The average molecular weight is 387 g/mol. The molecular weight excluding hydrogens is 367 g/mol. The van der Waals surface area contributed by atoms with Gasteiger partial charge in [0.05, 0.1) is 10.5 Å². The van der Waals surface area contributed by atoms with E-state index < -0.39 is 21.8 Å². The fraction of sp³-hybridized carbons (Fsp3) is 0.471. The molecule has 0 aliphatic carbocycles. The van der Waals surface area contributed by atoms with Gasteiger partial charge < -0.3 is 4.57 Å². The first kappa shape index (κ1) is 18.9. The maximum absolute atomic E-state index is 12.7. The predicted molar refractivity (Wildman–Crippen MR) is 89.9 cm³/mol. The molecule has 1 aliphatic heterocycles. The van der Waals surface area contributed by atoms with Gasteiger partial charge in [0.25, 0.3) is 0 Å². The first-order chi connectivity index (χ1) is 12.2. The van der Waals surface area contributed by atoms with E-state index >= 15 is 0 Å². The Bertz CT molecular complexity index is 852. The zero-order valence-corrected chi connectivity index (χ0v) is 15.1. The summed E-state index contributed by atoms with van der Waals surface area (Å²) in [4.78, 5) is 4.07. The van der Waals surface area contributed by atoms with Crippen molar-refractivity contribution >= 4 is 10.0 Å². The third-order valence-corrected chi connectivity index (χ3v) is 6.68. The molecule has 1 aliphatic rings. The van der Waals surface area contributed by atoms with Crippen molar-refractivity contribution in [1.29, 1.82) is 0 Å². The summed E-state index contributed by atoms with van der Waals surface area (Å²) in [5.41, 5.74) is -0.856. The minimum Gasteiger partial charge on any atom is -0.335 e. The van der Waals surface area contributed by atoms with Crippen molar-refractivity contribution in [2.45, 2.75) is 37.4 Å². The smallest absolute Gasteiger partial charge is 0.335 e. The number of aromatic nitrogens is 2. The summed E-state index contributed by atoms with van der Waals surface area (Å²) < 4.78 is 66.6. The van der Waals surface area contributed by atoms with Crippen LogP contribution in [-0.4, -0.2) is 35.4 Å². The van der Waals surface area contributed by atoms with Gasteiger partial charge in [-0.05, 0) is 49.9 Å². The van der Waals surface area contributed by atoms with Crippen LogP contribution in [0.2, 0.25) is 0 Å². The fourth-order valence-corrected chi connectivity index (χ4v) is 4.64. The average Bonchev–Trinajstić information content (AvgIpc) is 2.99. The molecule has 2 aromatic rings. The second-order valence-corrected chi connectivity index (χ2v) is 8.43. The van der Waals surface area contributed by atoms with Crippen LogP contribution in [0.4, 0.5) is 13.2 Å². The van der Waals surface area contributed by atoms with Crippen LogP contribution in [0.3, 0.4) is 0 Å². The summed E-state index contributed by atoms with van der Waals surface area (Å²) >= 11 is 0. The van der Waals surface area contributed by atoms with Crippen LogP contribution < -0.4 is 0 Å². The van der Waals surface area contributed by atoms with Crippen molar-refractivity contribution in [1.82, 2.24) is 13.9 Å². The summed E-state index contributed by atoms with van der Waals surface area (Å²) in [5, 5.41) is 0. The van der Waals surface area contributed by atoms with Crippen molar-refractivity contribution in [2.24, 2.45) is 5.92 Å². The van der Waals surface area contributed by atoms with Crippen molar-refractivity contribution in [3.05, 3.63) is 48.0 Å². The second-order valence-electron chi connectivity index (χ2n) is 6.50. The molecule has 0 bridgehead atoms. The van der Waals surface area contributed by atoms with Crippen LogP contribution in [0.1, 0.15) is 24.2 Å². The van der Waals surface area contributed by atoms with Gasteiger partial charge in [0, 0.05) is 32.0 Å². The molecule has 0 unspecified atom stereocenters. The number of nitrogens with zero attached hydrogens (tertiary/aromatic N) is 3. The number of imidazole rings is 1. The summed E-state index contributed by atoms with van der Waals surface area (Å²) in [7, 11) is -3.77. The number of hydrogen-bond acceptors (Lipinski definition) is 3. The third-order valence-electron chi connectivity index (χ3n) is 4.77. The highest BCUT2D eigenvalue weighted by Crippen LogP contribution is 2.31. The molecule has 1 saturated heterocycles. The molecule has 142 valence electrons. The third kappa shape index (κ3) is 3.93. The number of piperidine rings is 1. The van der Waals surface area contributed by atoms with E-state index in [0.717, 1.165) is 36.6 Å². The zero-order valence-electron chi connectivity index (χ0n) is 14.3. The van der Waals surface area contributed by atoms with E-state index in [2.05, 4.69) is 4.98 Å². The van der Waals surface area contributed by atoms with Crippen molar-refractivity contribution in [2.75, 3.05) is 13.1 Å². The second kappa shape index (κ2) is 7.03. The molecule has 1 aromatic heterocycles. The maximum atomic E-state index is 12.7. The standard InChI is InChI=1S/C17H20F3N3O2S/c1-13-21-8-11-22(13)12-14-6-9-23(10-7-14)26(24,25)16-4-2-15(3-5-16)17(18,19)20/h2-5,8,11,14H,6-7,9-10,12H2,1H3. The number of sulfonamides is 1. The molecule has 0 N–H and O–H groups in total. The highest BCUT2D eigenvalue weighted by Gasteiger charge is 2.33. The quantitative estimate of drug-likeness (QED) is 0.809. The van der Waals surface area contributed by atoms with Crippen molar-refractivity contribution in [3.8, 4) is 0 Å². The molecule has 26 heavy (non-hydrogen) atoms. The monoisotopic (exact) mass is 387 g/mol. The number of rotatable bonds is 4. The van der Waals surface area contributed by atoms with Gasteiger partial charge in [0.1, 0.15) is 5.82 Å². The molecule has 5 nitrogen and oxygen atoms in total. The number of halogens is 3. The van der Waals surface area contributed by atoms with Gasteiger partial charge in [-0.15, -0.1) is 0 Å². The van der Waals surface area contributed by atoms with E-state index in [1.807, 2.05) is 17.7 Å². The lowest BCUT2D eigenvalue weighted by Gasteiger charge is -2.31. The molecule has 2 heterocycles. The molecule has 1 aromatic carbocycles. The van der Waals surface area contributed by atoms with E-state index in [-0.39, 0.29) is 4.90 Å². The van der Waals surface area contributed by atoms with E-state index in [0.29, 0.717) is 31.8 Å². The molecule has 3 rings (SSSR count). The Hall–Kier alpha value is -1.87. The van der Waals surface area contributed by atoms with Crippen LogP contribution in [0.5, 0.6) is 0 Å². The van der Waals surface area contributed by atoms with Gasteiger partial charge in [-0.3, -0.25) is 0 Å². The maximum Gasteiger partial charge on any atom is 0.416 e. The highest BCUT2D eigenvalue weighted by molar-refractivity contribution is 7.89. The molecular formula is C17H20F3N3O2S. The molecule has 0 atom stereocenters. The van der Waals surface area contributed by atoms with Crippen molar-refractivity contribution < 1.29 is 21.6 Å². The minimum absolute atomic E-state index is 0.102. The largest absolute Gasteiger partial charge is 0.416 e. The Labute approximate surface area is 150 Å². The topological polar surface area (TPSA) is 55.2 Å². The lowest BCUT2D eigenvalue weighted by atomic mass is 9.98. The molecule has 0 radical (unpaired) electrons. The Balaban J connectivity index is 1.65. The Kier molecular flexibility index (Phi) is 5.12. The van der Waals surface area contributed by atoms with Crippen molar-refractivity contribution in [3.63, 3.8) is 0 Å². The summed E-state index contributed by atoms with van der Waals surface area (Å²) in [6.07, 6.45) is 0.571. The fourth-order valence-electron chi connectivity index (χ4n) is 3.17. The number of hydrogen-bond donors (Lipinski definition) is 0. The van der Waals surface area contributed by atoms with Gasteiger partial charge in [0.15, 0.2) is 0 Å². The molecule has 9 heteroatoms. The highest BCUT2D eigenvalue weighted by atomic mass is 32.2.